The molecule has 0 radical (unpaired) electrons. The van der Waals surface area contributed by atoms with Gasteiger partial charge in [0.05, 0.1) is 36.2 Å². The zero-order valence-corrected chi connectivity index (χ0v) is 15.4. The molecule has 5 atom stereocenters. The van der Waals surface area contributed by atoms with E-state index in [1.807, 2.05) is 0 Å². The molecule has 1 saturated heterocycles. The predicted octanol–water partition coefficient (Wildman–Crippen LogP) is -1.76. The molecule has 1 fully saturated rings. The Morgan fingerprint density at radius 3 is 2.42 bits per heavy atom. The molecule has 4 N–H and O–H groups in total. The number of ether oxygens (including phenoxy) is 1. The molecule has 5 unspecified atom stereocenters. The maximum Gasteiger partial charge on any atom is 0.352 e. The molecule has 26 heavy (non-hydrogen) atoms. The van der Waals surface area contributed by atoms with Crippen molar-refractivity contribution in [1.29, 1.82) is 0 Å². The smallest absolute Gasteiger partial charge is 0.352 e. The van der Waals surface area contributed by atoms with E-state index in [1.165, 1.54) is 13.8 Å². The summed E-state index contributed by atoms with van der Waals surface area (Å²) in [5.41, 5.74) is 5.28. The number of aliphatic carboxylic acids is 1. The number of hydrogen-bond donors (Lipinski definition) is 3. The molecule has 10 nitrogen and oxygen atoms in total. The summed E-state index contributed by atoms with van der Waals surface area (Å²) < 4.78 is 29.6. The number of rotatable bonds is 7. The number of carboxylic acids is 1. The molecule has 2 rings (SSSR count). The van der Waals surface area contributed by atoms with Crippen molar-refractivity contribution >= 4 is 27.7 Å². The largest absolute Gasteiger partial charge is 0.477 e. The zero-order chi connectivity index (χ0) is 20.0. The Hall–Kier alpha value is -1.98. The van der Waals surface area contributed by atoms with Gasteiger partial charge in [0.15, 0.2) is 9.84 Å². The highest BCUT2D eigenvalue weighted by atomic mass is 32.2. The van der Waals surface area contributed by atoms with E-state index >= 15 is 0 Å². The molecule has 1 amide bonds. The van der Waals surface area contributed by atoms with Crippen LogP contribution in [0.15, 0.2) is 11.3 Å². The lowest BCUT2D eigenvalue weighted by molar-refractivity contribution is -0.161. The number of carboxylic acid groups (broad SMARTS) is 1. The van der Waals surface area contributed by atoms with Crippen LogP contribution in [0, 0.1) is 5.92 Å². The number of hydrogen-bond acceptors (Lipinski definition) is 8. The van der Waals surface area contributed by atoms with E-state index in [1.54, 1.807) is 0 Å². The first-order chi connectivity index (χ1) is 11.9. The van der Waals surface area contributed by atoms with E-state index in [2.05, 4.69) is 4.74 Å². The van der Waals surface area contributed by atoms with Gasteiger partial charge in [-0.2, -0.15) is 0 Å². The van der Waals surface area contributed by atoms with Gasteiger partial charge in [0, 0.05) is 0 Å². The monoisotopic (exact) mass is 390 g/mol. The van der Waals surface area contributed by atoms with Crippen molar-refractivity contribution in [3.63, 3.8) is 0 Å². The number of amides is 1. The lowest BCUT2D eigenvalue weighted by atomic mass is 9.83. The maximum atomic E-state index is 12.6. The summed E-state index contributed by atoms with van der Waals surface area (Å²) in [7, 11) is -2.91. The van der Waals surface area contributed by atoms with E-state index in [4.69, 9.17) is 5.73 Å². The lowest BCUT2D eigenvalue weighted by Crippen LogP contribution is -2.61. The van der Waals surface area contributed by atoms with Crippen LogP contribution in [0.4, 0.5) is 0 Å². The van der Waals surface area contributed by atoms with Crippen molar-refractivity contribution in [2.75, 3.05) is 12.9 Å². The Morgan fingerprint density at radius 1 is 1.38 bits per heavy atom. The maximum absolute atomic E-state index is 12.6. The second kappa shape index (κ2) is 6.97. The molecule has 2 aliphatic heterocycles. The predicted molar refractivity (Wildman–Crippen MR) is 88.3 cm³/mol. The molecule has 146 valence electrons. The fraction of sp³-hybridized carbons (Fsp3) is 0.667. The van der Waals surface area contributed by atoms with Gasteiger partial charge in [-0.25, -0.2) is 13.2 Å². The molecule has 0 aromatic carbocycles. The first kappa shape index (κ1) is 20.3. The second-order valence-electron chi connectivity index (χ2n) is 6.56. The average Bonchev–Trinajstić information content (AvgIpc) is 2.85. The summed E-state index contributed by atoms with van der Waals surface area (Å²) in [4.78, 5) is 36.2. The number of methoxy groups -OCH3 is 1. The number of fused-ring (bicyclic) bond motifs is 1. The van der Waals surface area contributed by atoms with Crippen LogP contribution in [0.25, 0.3) is 0 Å². The van der Waals surface area contributed by atoms with Crippen LogP contribution in [0.2, 0.25) is 0 Å². The minimum absolute atomic E-state index is 0.0301. The molecule has 0 spiro atoms. The van der Waals surface area contributed by atoms with Crippen molar-refractivity contribution in [2.45, 2.75) is 43.7 Å². The minimum Gasteiger partial charge on any atom is -0.477 e. The molecule has 2 aliphatic rings. The third kappa shape index (κ3) is 3.21. The fourth-order valence-electron chi connectivity index (χ4n) is 3.42. The molecule has 11 heteroatoms. The lowest BCUT2D eigenvalue weighted by Gasteiger charge is -2.44. The van der Waals surface area contributed by atoms with Crippen molar-refractivity contribution in [3.05, 3.63) is 11.3 Å². The minimum atomic E-state index is -3.99. The Balaban J connectivity index is 2.29. The summed E-state index contributed by atoms with van der Waals surface area (Å²) >= 11 is 0. The first-order valence-corrected chi connectivity index (χ1v) is 9.67. The van der Waals surface area contributed by atoms with Crippen LogP contribution in [-0.2, 0) is 29.0 Å². The third-order valence-corrected chi connectivity index (χ3v) is 7.12. The van der Waals surface area contributed by atoms with Crippen molar-refractivity contribution < 1.29 is 37.8 Å². The van der Waals surface area contributed by atoms with Crippen LogP contribution in [0.3, 0.4) is 0 Å². The SMILES string of the molecule is COC(=O)C(N)C(C)S(=O)(=O)CC1=C(C(=O)O)N2C(=O)C(C(C)O)C2C1. The van der Waals surface area contributed by atoms with E-state index in [-0.39, 0.29) is 17.7 Å². The number of carbonyl (C=O) groups excluding carboxylic acids is 2. The van der Waals surface area contributed by atoms with E-state index in [0.29, 0.717) is 0 Å². The molecule has 0 bridgehead atoms. The van der Waals surface area contributed by atoms with E-state index < -0.39 is 62.8 Å². The highest BCUT2D eigenvalue weighted by molar-refractivity contribution is 7.92. The molecule has 0 aromatic rings. The van der Waals surface area contributed by atoms with Crippen molar-refractivity contribution in [3.8, 4) is 0 Å². The molecule has 0 aromatic heterocycles. The van der Waals surface area contributed by atoms with Crippen LogP contribution in [0.1, 0.15) is 20.3 Å². The third-order valence-electron chi connectivity index (χ3n) is 4.94. The molecule has 0 aliphatic carbocycles. The first-order valence-electron chi connectivity index (χ1n) is 7.95. The normalized spacial score (nSPS) is 26.0. The van der Waals surface area contributed by atoms with Crippen LogP contribution in [0.5, 0.6) is 0 Å². The number of esters is 1. The number of aliphatic hydroxyl groups excluding tert-OH is 1. The fourth-order valence-corrected chi connectivity index (χ4v) is 4.98. The topological polar surface area (TPSA) is 164 Å². The van der Waals surface area contributed by atoms with Gasteiger partial charge in [-0.1, -0.05) is 0 Å². The standard InChI is InChI=1S/C15H22N2O8S/c1-6(18)10-9-4-8(12(14(20)21)17(9)13(10)19)5-26(23,24)7(2)11(16)15(22)25-3/h6-7,9-11,18H,4-5,16H2,1-3H3,(H,20,21). The van der Waals surface area contributed by atoms with Gasteiger partial charge in [0.25, 0.3) is 0 Å². The number of carbonyl (C=O) groups is 3. The van der Waals surface area contributed by atoms with E-state index in [9.17, 15) is 33.0 Å². The summed E-state index contributed by atoms with van der Waals surface area (Å²) in [6.07, 6.45) is -0.941. The second-order valence-corrected chi connectivity index (χ2v) is 8.92. The summed E-state index contributed by atoms with van der Waals surface area (Å²) in [5.74, 6) is -4.27. The number of nitrogens with two attached hydrogens (primary N) is 1. The Morgan fingerprint density at radius 2 is 1.96 bits per heavy atom. The van der Waals surface area contributed by atoms with Crippen LogP contribution >= 0.6 is 0 Å². The zero-order valence-electron chi connectivity index (χ0n) is 14.6. The number of nitrogens with zero attached hydrogens (tertiary/aromatic N) is 1. The summed E-state index contributed by atoms with van der Waals surface area (Å²) in [6.45, 7) is 2.66. The van der Waals surface area contributed by atoms with Gasteiger partial charge < -0.3 is 25.6 Å². The summed E-state index contributed by atoms with van der Waals surface area (Å²) in [5, 5.41) is 17.8. The number of sulfone groups is 1. The molecular weight excluding hydrogens is 368 g/mol. The van der Waals surface area contributed by atoms with Gasteiger partial charge in [-0.3, -0.25) is 9.59 Å². The average molecular weight is 390 g/mol. The highest BCUT2D eigenvalue weighted by Gasteiger charge is 2.57. The Labute approximate surface area is 150 Å². The highest BCUT2D eigenvalue weighted by Crippen LogP contribution is 2.44. The quantitative estimate of drug-likeness (QED) is 0.337. The van der Waals surface area contributed by atoms with Gasteiger partial charge in [-0.05, 0) is 25.8 Å². The van der Waals surface area contributed by atoms with Gasteiger partial charge in [-0.15, -0.1) is 0 Å². The van der Waals surface area contributed by atoms with Crippen LogP contribution in [-0.4, -0.2) is 77.7 Å². The summed E-state index contributed by atoms with van der Waals surface area (Å²) in [6, 6.07) is -1.99. The number of β-lactam (4-membered cyclic amide) rings is 1. The molecule has 2 heterocycles. The number of aliphatic hydroxyl groups is 1. The van der Waals surface area contributed by atoms with E-state index in [0.717, 1.165) is 12.0 Å². The molecular formula is C15H22N2O8S. The van der Waals surface area contributed by atoms with Gasteiger partial charge >= 0.3 is 11.9 Å². The van der Waals surface area contributed by atoms with Gasteiger partial charge in [0.2, 0.25) is 5.91 Å². The molecule has 0 saturated carbocycles. The van der Waals surface area contributed by atoms with Gasteiger partial charge in [0.1, 0.15) is 11.7 Å². The Kier molecular flexibility index (Phi) is 5.45. The Bertz CT molecular complexity index is 773. The van der Waals surface area contributed by atoms with Crippen molar-refractivity contribution in [1.82, 2.24) is 4.90 Å². The van der Waals surface area contributed by atoms with Crippen LogP contribution < -0.4 is 5.73 Å². The van der Waals surface area contributed by atoms with Crippen molar-refractivity contribution in [2.24, 2.45) is 11.7 Å².